The lowest BCUT2D eigenvalue weighted by molar-refractivity contribution is -0.275. The number of aromatic nitrogens is 2. The predicted octanol–water partition coefficient (Wildman–Crippen LogP) is 8.36. The summed E-state index contributed by atoms with van der Waals surface area (Å²) in [6.45, 7) is 10.5. The molecule has 1 aliphatic heterocycles. The van der Waals surface area contributed by atoms with Gasteiger partial charge in [-0.2, -0.15) is 0 Å². The van der Waals surface area contributed by atoms with E-state index in [1.54, 1.807) is 51.0 Å². The Morgan fingerprint density at radius 2 is 1.62 bits per heavy atom. The maximum absolute atomic E-state index is 17.4. The first-order valence-electron chi connectivity index (χ1n) is 17.7. The van der Waals surface area contributed by atoms with Crippen molar-refractivity contribution in [3.63, 3.8) is 0 Å². The standard InChI is InChI=1S/C38H41F5N4O6/c1-36(2,3)52-34(49)44-19-14-21(33(24(39)15-19)51-38(41,42)43)31-29(40)32-28(30(45-31)18-9-10-18)27(25(8-7-13-48)47(32)20-11-12-20)26-22-16-46(17-23(22)26)35(50)53-37(4,5)6/h14-15,18,20,22-23,26,48H,9-13,16-17H2,1-6H3,(H,44,49)/t22-,23+,26?. The monoisotopic (exact) mass is 744 g/mol. The number of alkyl halides is 3. The molecule has 0 bridgehead atoms. The largest absolute Gasteiger partial charge is 0.573 e. The van der Waals surface area contributed by atoms with Crippen molar-refractivity contribution in [3.05, 3.63) is 40.7 Å². The van der Waals surface area contributed by atoms with E-state index >= 15 is 8.78 Å². The number of nitrogens with one attached hydrogen (secondary N) is 1. The molecule has 4 aliphatic rings. The van der Waals surface area contributed by atoms with Crippen LogP contribution in [0.1, 0.15) is 102 Å². The summed E-state index contributed by atoms with van der Waals surface area (Å²) in [6.07, 6.45) is -4.04. The molecule has 53 heavy (non-hydrogen) atoms. The molecule has 3 saturated carbocycles. The van der Waals surface area contributed by atoms with Gasteiger partial charge in [-0.15, -0.1) is 13.2 Å². The molecule has 15 heteroatoms. The number of pyridine rings is 1. The summed E-state index contributed by atoms with van der Waals surface area (Å²) >= 11 is 0. The normalized spacial score (nSPS) is 21.2. The highest BCUT2D eigenvalue weighted by Crippen LogP contribution is 2.63. The van der Waals surface area contributed by atoms with Crippen LogP contribution >= 0.6 is 0 Å². The van der Waals surface area contributed by atoms with Crippen molar-refractivity contribution < 1.29 is 50.9 Å². The Bertz CT molecular complexity index is 2050. The minimum absolute atomic E-state index is 0.0155. The molecule has 3 aliphatic carbocycles. The predicted molar refractivity (Wildman–Crippen MR) is 183 cm³/mol. The number of aliphatic hydroxyl groups is 1. The first-order chi connectivity index (χ1) is 24.7. The van der Waals surface area contributed by atoms with E-state index in [1.165, 1.54) is 0 Å². The maximum Gasteiger partial charge on any atom is 0.573 e. The van der Waals surface area contributed by atoms with Crippen LogP contribution in [0.2, 0.25) is 0 Å². The molecule has 0 radical (unpaired) electrons. The molecular formula is C38H41F5N4O6. The molecule has 2 amide bonds. The first-order valence-corrected chi connectivity index (χ1v) is 17.7. The summed E-state index contributed by atoms with van der Waals surface area (Å²) < 4.78 is 91.0. The van der Waals surface area contributed by atoms with Gasteiger partial charge in [-0.25, -0.2) is 23.4 Å². The average molecular weight is 745 g/mol. The Morgan fingerprint density at radius 1 is 0.981 bits per heavy atom. The van der Waals surface area contributed by atoms with E-state index in [1.807, 2.05) is 0 Å². The molecular weight excluding hydrogens is 703 g/mol. The van der Waals surface area contributed by atoms with Crippen molar-refractivity contribution in [2.45, 2.75) is 103 Å². The number of anilines is 1. The second kappa shape index (κ2) is 12.8. The van der Waals surface area contributed by atoms with Crippen LogP contribution in [-0.4, -0.2) is 69.0 Å². The van der Waals surface area contributed by atoms with E-state index in [-0.39, 0.29) is 40.9 Å². The summed E-state index contributed by atoms with van der Waals surface area (Å²) in [6, 6.07) is 1.42. The minimum atomic E-state index is -5.35. The third-order valence-electron chi connectivity index (χ3n) is 9.65. The Hall–Kier alpha value is -4.58. The van der Waals surface area contributed by atoms with Crippen LogP contribution in [0.15, 0.2) is 12.1 Å². The number of aliphatic hydroxyl groups excluding tert-OH is 1. The zero-order valence-corrected chi connectivity index (χ0v) is 30.2. The second-order valence-electron chi connectivity index (χ2n) is 16.2. The third kappa shape index (κ3) is 7.47. The zero-order chi connectivity index (χ0) is 38.4. The van der Waals surface area contributed by atoms with Gasteiger partial charge in [-0.3, -0.25) is 5.32 Å². The molecule has 1 saturated heterocycles. The number of amides is 2. The van der Waals surface area contributed by atoms with Gasteiger partial charge in [0.2, 0.25) is 0 Å². The van der Waals surface area contributed by atoms with Crippen LogP contribution in [0.5, 0.6) is 5.75 Å². The van der Waals surface area contributed by atoms with Gasteiger partial charge in [-0.05, 0) is 103 Å². The van der Waals surface area contributed by atoms with Crippen molar-refractivity contribution in [1.82, 2.24) is 14.5 Å². The van der Waals surface area contributed by atoms with E-state index in [2.05, 4.69) is 26.9 Å². The number of hydrogen-bond donors (Lipinski definition) is 2. The lowest BCUT2D eigenvalue weighted by Crippen LogP contribution is -2.36. The number of halogens is 5. The number of carbonyl (C=O) groups is 2. The van der Waals surface area contributed by atoms with Gasteiger partial charge in [-0.1, -0.05) is 5.92 Å². The molecule has 1 aromatic carbocycles. The summed E-state index contributed by atoms with van der Waals surface area (Å²) in [5.74, 6) is 1.70. The van der Waals surface area contributed by atoms with Crippen LogP contribution in [0.4, 0.5) is 37.2 Å². The molecule has 4 fully saturated rings. The van der Waals surface area contributed by atoms with Gasteiger partial charge in [0.15, 0.2) is 17.4 Å². The summed E-state index contributed by atoms with van der Waals surface area (Å²) in [5.41, 5.74) is -1.41. The topological polar surface area (TPSA) is 115 Å². The zero-order valence-electron chi connectivity index (χ0n) is 30.2. The van der Waals surface area contributed by atoms with Crippen LogP contribution < -0.4 is 10.1 Å². The Labute approximate surface area is 303 Å². The van der Waals surface area contributed by atoms with Crippen LogP contribution in [0.25, 0.3) is 22.2 Å². The minimum Gasteiger partial charge on any atom is -0.444 e. The first kappa shape index (κ1) is 36.8. The molecule has 2 N–H and O–H groups in total. The second-order valence-corrected chi connectivity index (χ2v) is 16.2. The Balaban J connectivity index is 1.41. The van der Waals surface area contributed by atoms with Gasteiger partial charge < -0.3 is 28.8 Å². The molecule has 3 heterocycles. The summed E-state index contributed by atoms with van der Waals surface area (Å²) in [5, 5.41) is 12.6. The highest BCUT2D eigenvalue weighted by molar-refractivity contribution is 5.95. The van der Waals surface area contributed by atoms with E-state index in [0.29, 0.717) is 61.6 Å². The van der Waals surface area contributed by atoms with E-state index in [4.69, 9.17) is 9.47 Å². The van der Waals surface area contributed by atoms with Crippen molar-refractivity contribution >= 4 is 28.8 Å². The summed E-state index contributed by atoms with van der Waals surface area (Å²) in [7, 11) is 0. The highest BCUT2D eigenvalue weighted by Gasteiger charge is 2.60. The van der Waals surface area contributed by atoms with Gasteiger partial charge >= 0.3 is 18.5 Å². The van der Waals surface area contributed by atoms with Crippen LogP contribution in [0, 0.1) is 35.3 Å². The lowest BCUT2D eigenvalue weighted by atomic mass is 9.98. The van der Waals surface area contributed by atoms with E-state index < -0.39 is 65.0 Å². The van der Waals surface area contributed by atoms with Gasteiger partial charge in [0, 0.05) is 42.2 Å². The quantitative estimate of drug-likeness (QED) is 0.193. The molecule has 3 aromatic rings. The molecule has 7 rings (SSSR count). The summed E-state index contributed by atoms with van der Waals surface area (Å²) in [4.78, 5) is 31.8. The SMILES string of the molecule is CC(C)(C)OC(=O)Nc1cc(F)c(OC(F)(F)F)c(-c2nc(C3CC3)c3c(C4[C@H]5CN(C(=O)OC(C)(C)C)C[C@@H]45)c(C#CCO)n(C4CC4)c3c2F)c1. The third-order valence-corrected chi connectivity index (χ3v) is 9.65. The Morgan fingerprint density at radius 3 is 2.17 bits per heavy atom. The highest BCUT2D eigenvalue weighted by atomic mass is 19.4. The fraction of sp³-hybridized carbons (Fsp3) is 0.553. The number of ether oxygens (including phenoxy) is 3. The van der Waals surface area contributed by atoms with Crippen LogP contribution in [-0.2, 0) is 9.47 Å². The number of benzene rings is 1. The van der Waals surface area contributed by atoms with Crippen molar-refractivity contribution in [2.75, 3.05) is 25.0 Å². The maximum atomic E-state index is 17.4. The van der Waals surface area contributed by atoms with Gasteiger partial charge in [0.05, 0.1) is 22.5 Å². The van der Waals surface area contributed by atoms with Crippen molar-refractivity contribution in [3.8, 4) is 28.8 Å². The average Bonchev–Trinajstić information content (AvgIpc) is 3.97. The molecule has 284 valence electrons. The molecule has 10 nitrogen and oxygen atoms in total. The fourth-order valence-electron chi connectivity index (χ4n) is 7.44. The number of likely N-dealkylation sites (tertiary alicyclic amines) is 1. The molecule has 1 unspecified atom stereocenters. The number of rotatable bonds is 6. The molecule has 0 spiro atoms. The van der Waals surface area contributed by atoms with Crippen molar-refractivity contribution in [1.29, 1.82) is 0 Å². The number of carbonyl (C=O) groups excluding carboxylic acids is 2. The van der Waals surface area contributed by atoms with Crippen LogP contribution in [0.3, 0.4) is 0 Å². The van der Waals surface area contributed by atoms with E-state index in [0.717, 1.165) is 11.6 Å². The number of piperidine rings is 1. The van der Waals surface area contributed by atoms with Crippen molar-refractivity contribution in [2.24, 2.45) is 11.8 Å². The Kier molecular flexibility index (Phi) is 8.86. The van der Waals surface area contributed by atoms with Gasteiger partial charge in [0.1, 0.15) is 23.5 Å². The number of hydrogen-bond acceptors (Lipinski definition) is 7. The number of fused-ring (bicyclic) bond motifs is 2. The van der Waals surface area contributed by atoms with E-state index in [9.17, 15) is 27.9 Å². The fourth-order valence-corrected chi connectivity index (χ4v) is 7.44. The molecule has 3 atom stereocenters. The van der Waals surface area contributed by atoms with Gasteiger partial charge in [0.25, 0.3) is 0 Å². The number of nitrogens with zero attached hydrogens (tertiary/aromatic N) is 3. The molecule has 2 aromatic heterocycles. The smallest absolute Gasteiger partial charge is 0.444 e. The lowest BCUT2D eigenvalue weighted by Gasteiger charge is -2.26.